The molecule has 1 fully saturated rings. The van der Waals surface area contributed by atoms with E-state index in [9.17, 15) is 0 Å². The third-order valence-corrected chi connectivity index (χ3v) is 3.41. The number of ether oxygens (including phenoxy) is 2. The molecule has 2 heterocycles. The maximum atomic E-state index is 6.09. The zero-order valence-corrected chi connectivity index (χ0v) is 12.7. The average molecular weight is 279 g/mol. The van der Waals surface area contributed by atoms with Gasteiger partial charge in [-0.25, -0.2) is 4.98 Å². The van der Waals surface area contributed by atoms with Gasteiger partial charge in [-0.15, -0.1) is 0 Å². The lowest BCUT2D eigenvalue weighted by Gasteiger charge is -2.24. The number of aromatic nitrogens is 2. The molecule has 5 nitrogen and oxygen atoms in total. The molecule has 0 atom stereocenters. The highest BCUT2D eigenvalue weighted by Gasteiger charge is 2.19. The van der Waals surface area contributed by atoms with E-state index in [0.29, 0.717) is 0 Å². The van der Waals surface area contributed by atoms with Crippen LogP contribution in [0.2, 0.25) is 0 Å². The standard InChI is InChI=1S/C15H25N3O2/c1-4-6-13-17-14(16-5-2)11(3)15(18-13)20-12-7-9-19-10-8-12/h12H,4-10H2,1-3H3,(H,16,17,18). The molecule has 112 valence electrons. The summed E-state index contributed by atoms with van der Waals surface area (Å²) in [6.07, 6.45) is 3.99. The summed E-state index contributed by atoms with van der Waals surface area (Å²) in [5, 5.41) is 3.30. The zero-order chi connectivity index (χ0) is 14.4. The molecule has 1 N–H and O–H groups in total. The van der Waals surface area contributed by atoms with Gasteiger partial charge in [0, 0.05) is 25.8 Å². The maximum absolute atomic E-state index is 6.09. The summed E-state index contributed by atoms with van der Waals surface area (Å²) < 4.78 is 11.5. The average Bonchev–Trinajstić information content (AvgIpc) is 2.45. The second-order valence-corrected chi connectivity index (χ2v) is 5.13. The van der Waals surface area contributed by atoms with Crippen LogP contribution in [0.15, 0.2) is 0 Å². The summed E-state index contributed by atoms with van der Waals surface area (Å²) >= 11 is 0. The van der Waals surface area contributed by atoms with Crippen LogP contribution >= 0.6 is 0 Å². The number of hydrogen-bond acceptors (Lipinski definition) is 5. The molecule has 2 rings (SSSR count). The number of anilines is 1. The summed E-state index contributed by atoms with van der Waals surface area (Å²) in [7, 11) is 0. The molecule has 1 aliphatic heterocycles. The SMILES string of the molecule is CCCc1nc(NCC)c(C)c(OC2CCOCC2)n1. The third-order valence-electron chi connectivity index (χ3n) is 3.41. The molecule has 5 heteroatoms. The van der Waals surface area contributed by atoms with Crippen molar-refractivity contribution < 1.29 is 9.47 Å². The van der Waals surface area contributed by atoms with E-state index in [4.69, 9.17) is 9.47 Å². The smallest absolute Gasteiger partial charge is 0.222 e. The molecule has 0 spiro atoms. The number of nitrogens with zero attached hydrogens (tertiary/aromatic N) is 2. The molecule has 0 saturated carbocycles. The molecule has 1 aliphatic rings. The van der Waals surface area contributed by atoms with Crippen molar-refractivity contribution in [2.45, 2.75) is 52.6 Å². The fourth-order valence-corrected chi connectivity index (χ4v) is 2.28. The molecule has 1 aromatic rings. The van der Waals surface area contributed by atoms with Crippen molar-refractivity contribution in [1.29, 1.82) is 0 Å². The molecule has 0 unspecified atom stereocenters. The number of nitrogens with one attached hydrogen (secondary N) is 1. The summed E-state index contributed by atoms with van der Waals surface area (Å²) in [5.41, 5.74) is 0.998. The van der Waals surface area contributed by atoms with Crippen LogP contribution in [0.3, 0.4) is 0 Å². The highest BCUT2D eigenvalue weighted by Crippen LogP contribution is 2.25. The topological polar surface area (TPSA) is 56.3 Å². The van der Waals surface area contributed by atoms with Crippen molar-refractivity contribution in [3.8, 4) is 5.88 Å². The van der Waals surface area contributed by atoms with Crippen LogP contribution in [0.4, 0.5) is 5.82 Å². The summed E-state index contributed by atoms with van der Waals surface area (Å²) in [5.74, 6) is 2.48. The maximum Gasteiger partial charge on any atom is 0.222 e. The summed E-state index contributed by atoms with van der Waals surface area (Å²) in [6.45, 7) is 8.62. The quantitative estimate of drug-likeness (QED) is 0.867. The minimum Gasteiger partial charge on any atom is -0.474 e. The van der Waals surface area contributed by atoms with Crippen molar-refractivity contribution in [3.05, 3.63) is 11.4 Å². The van der Waals surface area contributed by atoms with Gasteiger partial charge >= 0.3 is 0 Å². The van der Waals surface area contributed by atoms with Crippen LogP contribution < -0.4 is 10.1 Å². The first-order valence-corrected chi connectivity index (χ1v) is 7.60. The van der Waals surface area contributed by atoms with E-state index >= 15 is 0 Å². The van der Waals surface area contributed by atoms with Gasteiger partial charge in [-0.3, -0.25) is 0 Å². The second kappa shape index (κ2) is 7.43. The van der Waals surface area contributed by atoms with E-state index in [-0.39, 0.29) is 6.10 Å². The molecule has 0 aliphatic carbocycles. The van der Waals surface area contributed by atoms with Gasteiger partial charge in [0.15, 0.2) is 0 Å². The number of aryl methyl sites for hydroxylation is 1. The van der Waals surface area contributed by atoms with Crippen molar-refractivity contribution in [1.82, 2.24) is 9.97 Å². The monoisotopic (exact) mass is 279 g/mol. The lowest BCUT2D eigenvalue weighted by molar-refractivity contribution is 0.0233. The van der Waals surface area contributed by atoms with Gasteiger partial charge in [-0.05, 0) is 20.3 Å². The third kappa shape index (κ3) is 3.82. The van der Waals surface area contributed by atoms with Gasteiger partial charge in [0.1, 0.15) is 17.7 Å². The van der Waals surface area contributed by atoms with Crippen molar-refractivity contribution in [3.63, 3.8) is 0 Å². The highest BCUT2D eigenvalue weighted by molar-refractivity contribution is 5.48. The van der Waals surface area contributed by atoms with E-state index in [2.05, 4.69) is 29.1 Å². The van der Waals surface area contributed by atoms with Crippen LogP contribution in [-0.4, -0.2) is 35.8 Å². The van der Waals surface area contributed by atoms with Gasteiger partial charge in [0.05, 0.1) is 18.8 Å². The van der Waals surface area contributed by atoms with Crippen LogP contribution in [0.25, 0.3) is 0 Å². The Bertz CT molecular complexity index is 431. The largest absolute Gasteiger partial charge is 0.474 e. The van der Waals surface area contributed by atoms with Gasteiger partial charge in [-0.1, -0.05) is 6.92 Å². The van der Waals surface area contributed by atoms with Gasteiger partial charge in [-0.2, -0.15) is 4.98 Å². The Hall–Kier alpha value is -1.36. The fraction of sp³-hybridized carbons (Fsp3) is 0.733. The van der Waals surface area contributed by atoms with E-state index in [1.807, 2.05) is 6.92 Å². The lowest BCUT2D eigenvalue weighted by atomic mass is 10.1. The summed E-state index contributed by atoms with van der Waals surface area (Å²) in [6, 6.07) is 0. The molecule has 0 amide bonds. The van der Waals surface area contributed by atoms with Crippen LogP contribution in [0.1, 0.15) is 44.5 Å². The Balaban J connectivity index is 2.19. The molecule has 1 aromatic heterocycles. The lowest BCUT2D eigenvalue weighted by Crippen LogP contribution is -2.27. The van der Waals surface area contributed by atoms with E-state index in [0.717, 1.165) is 68.5 Å². The van der Waals surface area contributed by atoms with E-state index in [1.165, 1.54) is 0 Å². The predicted molar refractivity (Wildman–Crippen MR) is 79.4 cm³/mol. The van der Waals surface area contributed by atoms with Crippen LogP contribution in [0.5, 0.6) is 5.88 Å². The molecule has 20 heavy (non-hydrogen) atoms. The molecular formula is C15H25N3O2. The molecule has 0 bridgehead atoms. The normalized spacial score (nSPS) is 16.1. The Morgan fingerprint density at radius 2 is 2.00 bits per heavy atom. The van der Waals surface area contributed by atoms with Gasteiger partial charge in [0.25, 0.3) is 0 Å². The minimum absolute atomic E-state index is 0.210. The van der Waals surface area contributed by atoms with Crippen LogP contribution in [-0.2, 0) is 11.2 Å². The van der Waals surface area contributed by atoms with E-state index < -0.39 is 0 Å². The van der Waals surface area contributed by atoms with Gasteiger partial charge in [0.2, 0.25) is 5.88 Å². The minimum atomic E-state index is 0.210. The van der Waals surface area contributed by atoms with Gasteiger partial charge < -0.3 is 14.8 Å². The van der Waals surface area contributed by atoms with Crippen LogP contribution in [0, 0.1) is 6.92 Å². The second-order valence-electron chi connectivity index (χ2n) is 5.13. The fourth-order valence-electron chi connectivity index (χ4n) is 2.28. The Morgan fingerprint density at radius 3 is 2.65 bits per heavy atom. The highest BCUT2D eigenvalue weighted by atomic mass is 16.5. The first-order valence-electron chi connectivity index (χ1n) is 7.60. The zero-order valence-electron chi connectivity index (χ0n) is 12.7. The Morgan fingerprint density at radius 1 is 1.25 bits per heavy atom. The summed E-state index contributed by atoms with van der Waals surface area (Å²) in [4.78, 5) is 9.16. The molecule has 1 saturated heterocycles. The van der Waals surface area contributed by atoms with E-state index in [1.54, 1.807) is 0 Å². The molecule has 0 radical (unpaired) electrons. The predicted octanol–water partition coefficient (Wildman–Crippen LogP) is 2.73. The first-order chi connectivity index (χ1) is 9.74. The molecule has 0 aromatic carbocycles. The number of rotatable bonds is 6. The Labute approximate surface area is 121 Å². The van der Waals surface area contributed by atoms with Crippen molar-refractivity contribution in [2.24, 2.45) is 0 Å². The van der Waals surface area contributed by atoms with Crippen molar-refractivity contribution in [2.75, 3.05) is 25.1 Å². The van der Waals surface area contributed by atoms with Crippen molar-refractivity contribution >= 4 is 5.82 Å². The first kappa shape index (κ1) is 15.0. The number of hydrogen-bond donors (Lipinski definition) is 1. The Kier molecular flexibility index (Phi) is 5.59. The molecular weight excluding hydrogens is 254 g/mol.